The lowest BCUT2D eigenvalue weighted by atomic mass is 9.98. The van der Waals surface area contributed by atoms with Crippen molar-refractivity contribution in [2.45, 2.75) is 58.1 Å². The zero-order chi connectivity index (χ0) is 32.4. The van der Waals surface area contributed by atoms with E-state index in [1.807, 2.05) is 0 Å². The maximum Gasteiger partial charge on any atom is 0.590 e. The van der Waals surface area contributed by atoms with Gasteiger partial charge in [0.1, 0.15) is 30.3 Å². The molecule has 0 amide bonds. The summed E-state index contributed by atoms with van der Waals surface area (Å²) in [6.07, 6.45) is -7.50. The van der Waals surface area contributed by atoms with Crippen LogP contribution >= 0.6 is 7.82 Å². The maximum atomic E-state index is 14.3. The van der Waals surface area contributed by atoms with Gasteiger partial charge in [-0.05, 0) is 29.8 Å². The molecule has 12 nitrogen and oxygen atoms in total. The maximum absolute atomic E-state index is 14.3. The highest BCUT2D eigenvalue weighted by molar-refractivity contribution is 7.49. The number of carbonyl (C=O) groups is 3. The highest BCUT2D eigenvalue weighted by Gasteiger charge is 2.54. The summed E-state index contributed by atoms with van der Waals surface area (Å²) in [5, 5.41) is 0. The Labute approximate surface area is 256 Å². The minimum atomic E-state index is -4.68. The molecule has 0 radical (unpaired) electrons. The van der Waals surface area contributed by atoms with Gasteiger partial charge in [-0.15, -0.1) is 0 Å². The normalized spacial score (nSPS) is 22.5. The third-order valence-corrected chi connectivity index (χ3v) is 7.30. The van der Waals surface area contributed by atoms with Crippen molar-refractivity contribution in [1.29, 1.82) is 0 Å². The molecule has 0 aromatic heterocycles. The number of ether oxygens (including phenoxy) is 5. The molecule has 0 saturated carbocycles. The zero-order valence-corrected chi connectivity index (χ0v) is 25.1. The van der Waals surface area contributed by atoms with Crippen LogP contribution in [0.4, 0.5) is 0 Å². The van der Waals surface area contributed by atoms with Crippen LogP contribution in [-0.2, 0) is 53.7 Å². The summed E-state index contributed by atoms with van der Waals surface area (Å²) < 4.78 is 68.7. The summed E-state index contributed by atoms with van der Waals surface area (Å²) in [5.41, 5.74) is 0.423. The lowest BCUT2D eigenvalue weighted by molar-refractivity contribution is -0.296. The SMILES string of the molecule is [2H]C(O[C@H]1[C@H](OC(C)=O)[C@@H](COC(C)=O)OC(OP(=O)(Oc2ccccc2)Oc2ccccc2)[C@H]1OC(C)=O)c1ccccc1. The van der Waals surface area contributed by atoms with Gasteiger partial charge in [-0.25, -0.2) is 9.09 Å². The van der Waals surface area contributed by atoms with Crippen LogP contribution in [0.1, 0.15) is 27.7 Å². The van der Waals surface area contributed by atoms with Crippen LogP contribution in [0.5, 0.6) is 11.5 Å². The molecule has 0 spiro atoms. The van der Waals surface area contributed by atoms with Crippen molar-refractivity contribution in [2.24, 2.45) is 0 Å². The molecule has 6 atom stereocenters. The second-order valence-electron chi connectivity index (χ2n) is 9.48. The molecular weight excluding hydrogens is 595 g/mol. The Morgan fingerprint density at radius 1 is 0.727 bits per heavy atom. The summed E-state index contributed by atoms with van der Waals surface area (Å²) in [4.78, 5) is 36.4. The topological polar surface area (TPSA) is 142 Å². The zero-order valence-electron chi connectivity index (χ0n) is 25.2. The largest absolute Gasteiger partial charge is 0.590 e. The Morgan fingerprint density at radius 3 is 1.73 bits per heavy atom. The van der Waals surface area contributed by atoms with Crippen LogP contribution in [0.3, 0.4) is 0 Å². The van der Waals surface area contributed by atoms with Gasteiger partial charge in [-0.2, -0.15) is 0 Å². The minimum absolute atomic E-state index is 0.119. The molecule has 4 rings (SSSR count). The van der Waals surface area contributed by atoms with Gasteiger partial charge in [-0.3, -0.25) is 14.4 Å². The molecule has 1 saturated heterocycles. The van der Waals surface area contributed by atoms with Crippen molar-refractivity contribution < 1.29 is 57.6 Å². The smallest absolute Gasteiger partial charge is 0.463 e. The minimum Gasteiger partial charge on any atom is -0.463 e. The van der Waals surface area contributed by atoms with Gasteiger partial charge in [0, 0.05) is 20.8 Å². The van der Waals surface area contributed by atoms with Crippen molar-refractivity contribution in [3.63, 3.8) is 0 Å². The molecule has 13 heteroatoms. The molecule has 2 unspecified atom stereocenters. The first-order chi connectivity index (χ1) is 21.5. The highest BCUT2D eigenvalue weighted by atomic mass is 31.2. The third-order valence-electron chi connectivity index (χ3n) is 5.96. The van der Waals surface area contributed by atoms with E-state index < -0.39 is 69.6 Å². The second-order valence-corrected chi connectivity index (χ2v) is 11.0. The molecule has 1 fully saturated rings. The average molecular weight is 630 g/mol. The van der Waals surface area contributed by atoms with E-state index in [0.29, 0.717) is 5.56 Å². The Morgan fingerprint density at radius 2 is 1.23 bits per heavy atom. The summed E-state index contributed by atoms with van der Waals surface area (Å²) in [5.74, 6) is -2.03. The Hall–Kier alpha value is -4.22. The predicted octanol–water partition coefficient (Wildman–Crippen LogP) is 5.01. The molecule has 0 aliphatic carbocycles. The number of hydrogen-bond donors (Lipinski definition) is 0. The number of hydrogen-bond acceptors (Lipinski definition) is 12. The van der Waals surface area contributed by atoms with Crippen LogP contribution in [0.25, 0.3) is 0 Å². The van der Waals surface area contributed by atoms with Crippen molar-refractivity contribution in [2.75, 3.05) is 6.61 Å². The van der Waals surface area contributed by atoms with Crippen LogP contribution in [0, 0.1) is 0 Å². The highest BCUT2D eigenvalue weighted by Crippen LogP contribution is 2.52. The van der Waals surface area contributed by atoms with Crippen molar-refractivity contribution >= 4 is 25.7 Å². The third kappa shape index (κ3) is 9.65. The molecule has 1 aliphatic heterocycles. The van der Waals surface area contributed by atoms with Crippen molar-refractivity contribution in [1.82, 2.24) is 0 Å². The number of carbonyl (C=O) groups excluding carboxylic acids is 3. The monoisotopic (exact) mass is 629 g/mol. The predicted molar refractivity (Wildman–Crippen MR) is 154 cm³/mol. The fourth-order valence-corrected chi connectivity index (χ4v) is 5.51. The van der Waals surface area contributed by atoms with E-state index in [4.69, 9.17) is 38.6 Å². The van der Waals surface area contributed by atoms with Gasteiger partial charge in [0.05, 0.1) is 7.95 Å². The molecule has 0 N–H and O–H groups in total. The van der Waals surface area contributed by atoms with Crippen LogP contribution in [-0.4, -0.2) is 55.2 Å². The molecular formula is C31H33O12P. The van der Waals surface area contributed by atoms with Gasteiger partial charge in [0.15, 0.2) is 12.2 Å². The molecule has 1 heterocycles. The molecule has 0 bridgehead atoms. The number of phosphoric ester groups is 1. The fraction of sp³-hybridized carbons (Fsp3) is 0.323. The van der Waals surface area contributed by atoms with Crippen LogP contribution in [0.2, 0.25) is 0 Å². The summed E-state index contributed by atoms with van der Waals surface area (Å²) in [6.45, 7) is 1.55. The summed E-state index contributed by atoms with van der Waals surface area (Å²) >= 11 is 0. The first-order valence-corrected chi connectivity index (χ1v) is 15.0. The van der Waals surface area contributed by atoms with E-state index in [1.165, 1.54) is 24.3 Å². The lowest BCUT2D eigenvalue weighted by Crippen LogP contribution is -2.62. The van der Waals surface area contributed by atoms with E-state index in [-0.39, 0.29) is 11.5 Å². The van der Waals surface area contributed by atoms with E-state index in [9.17, 15) is 18.9 Å². The number of phosphoric acid groups is 1. The second kappa shape index (κ2) is 15.5. The van der Waals surface area contributed by atoms with Gasteiger partial charge >= 0.3 is 25.7 Å². The fourth-order valence-electron chi connectivity index (χ4n) is 4.20. The van der Waals surface area contributed by atoms with Gasteiger partial charge < -0.3 is 32.7 Å². The molecule has 44 heavy (non-hydrogen) atoms. The number of esters is 3. The number of benzene rings is 3. The number of para-hydroxylation sites is 2. The van der Waals surface area contributed by atoms with E-state index >= 15 is 0 Å². The first kappa shape index (κ1) is 31.2. The molecule has 1 aliphatic rings. The Bertz CT molecular complexity index is 1410. The van der Waals surface area contributed by atoms with Crippen LogP contribution in [0.15, 0.2) is 91.0 Å². The van der Waals surface area contributed by atoms with Crippen LogP contribution < -0.4 is 9.05 Å². The Kier molecular flexibility index (Phi) is 11.0. The number of rotatable bonds is 13. The average Bonchev–Trinajstić information content (AvgIpc) is 3.00. The molecule has 234 valence electrons. The lowest BCUT2D eigenvalue weighted by Gasteiger charge is -2.44. The first-order valence-electron chi connectivity index (χ1n) is 14.1. The molecule has 3 aromatic carbocycles. The standard InChI is InChI=1S/C31H33O12P/c1-21(32)36-20-27-28(38-22(2)33)29(37-19-24-13-7-4-8-14-24)30(39-23(3)34)31(40-27)43-44(35,41-25-15-9-5-10-16-25)42-26-17-11-6-12-18-26/h4-18,27-31H,19-20H2,1-3H3/t27-,28-,29+,30+,31?/m1/s1/i19D/t19?,27-,28-,29+,30+,31?. The van der Waals surface area contributed by atoms with E-state index in [0.717, 1.165) is 20.8 Å². The quantitative estimate of drug-likeness (QED) is 0.143. The van der Waals surface area contributed by atoms with Gasteiger partial charge in [0.25, 0.3) is 0 Å². The van der Waals surface area contributed by atoms with E-state index in [2.05, 4.69) is 0 Å². The van der Waals surface area contributed by atoms with Gasteiger partial charge in [-0.1, -0.05) is 66.7 Å². The Balaban J connectivity index is 1.76. The summed E-state index contributed by atoms with van der Waals surface area (Å²) in [7, 11) is -4.68. The van der Waals surface area contributed by atoms with E-state index in [1.54, 1.807) is 66.7 Å². The summed E-state index contributed by atoms with van der Waals surface area (Å²) in [6, 6.07) is 24.5. The molecule has 3 aromatic rings. The van der Waals surface area contributed by atoms with Crippen molar-refractivity contribution in [3.8, 4) is 11.5 Å². The van der Waals surface area contributed by atoms with Gasteiger partial charge in [0.2, 0.25) is 6.29 Å². The van der Waals surface area contributed by atoms with Crippen molar-refractivity contribution in [3.05, 3.63) is 96.6 Å².